The summed E-state index contributed by atoms with van der Waals surface area (Å²) >= 11 is 3.44. The lowest BCUT2D eigenvalue weighted by molar-refractivity contribution is 0.171. The monoisotopic (exact) mass is 320 g/mol. The van der Waals surface area contributed by atoms with Gasteiger partial charge in [-0.2, -0.15) is 0 Å². The molecule has 0 unspecified atom stereocenters. The lowest BCUT2D eigenvalue weighted by atomic mass is 10.2. The Labute approximate surface area is 119 Å². The molecule has 0 saturated heterocycles. The summed E-state index contributed by atoms with van der Waals surface area (Å²) < 4.78 is 12.0. The minimum Gasteiger partial charge on any atom is -0.486 e. The molecule has 1 aliphatic heterocycles. The van der Waals surface area contributed by atoms with Crippen LogP contribution in [0.25, 0.3) is 0 Å². The number of hydrogen-bond donors (Lipinski definition) is 1. The van der Waals surface area contributed by atoms with Crippen molar-refractivity contribution in [3.8, 4) is 11.5 Å². The number of nitrogens with zero attached hydrogens (tertiary/aromatic N) is 1. The number of anilines is 2. The molecular formula is C14H13BrN2O2. The van der Waals surface area contributed by atoms with Crippen molar-refractivity contribution in [2.45, 2.75) is 6.92 Å². The molecule has 0 saturated carbocycles. The van der Waals surface area contributed by atoms with Crippen LogP contribution in [-0.4, -0.2) is 18.2 Å². The first-order chi connectivity index (χ1) is 9.22. The van der Waals surface area contributed by atoms with E-state index in [1.54, 1.807) is 6.20 Å². The molecule has 0 amide bonds. The first-order valence-corrected chi connectivity index (χ1v) is 6.80. The zero-order valence-electron chi connectivity index (χ0n) is 10.4. The number of benzene rings is 1. The Hall–Kier alpha value is -1.75. The first kappa shape index (κ1) is 12.3. The van der Waals surface area contributed by atoms with Crippen LogP contribution in [0.2, 0.25) is 0 Å². The van der Waals surface area contributed by atoms with Gasteiger partial charge in [0.25, 0.3) is 0 Å². The normalized spacial score (nSPS) is 13.2. The van der Waals surface area contributed by atoms with E-state index in [1.807, 2.05) is 31.2 Å². The molecule has 3 rings (SSSR count). The number of ether oxygens (including phenoxy) is 2. The lowest BCUT2D eigenvalue weighted by Gasteiger charge is -2.19. The van der Waals surface area contributed by atoms with E-state index in [9.17, 15) is 0 Å². The molecule has 4 nitrogen and oxygen atoms in total. The molecule has 0 bridgehead atoms. The van der Waals surface area contributed by atoms with Crippen molar-refractivity contribution >= 4 is 27.4 Å². The van der Waals surface area contributed by atoms with Gasteiger partial charge in [-0.05, 0) is 46.6 Å². The van der Waals surface area contributed by atoms with Crippen molar-refractivity contribution in [1.82, 2.24) is 4.98 Å². The quantitative estimate of drug-likeness (QED) is 0.916. The summed E-state index contributed by atoms with van der Waals surface area (Å²) in [6.07, 6.45) is 1.79. The third kappa shape index (κ3) is 2.66. The molecule has 19 heavy (non-hydrogen) atoms. The van der Waals surface area contributed by atoms with Crippen LogP contribution >= 0.6 is 15.9 Å². The van der Waals surface area contributed by atoms with E-state index in [0.29, 0.717) is 13.2 Å². The predicted molar refractivity (Wildman–Crippen MR) is 77.4 cm³/mol. The Morgan fingerprint density at radius 1 is 1.16 bits per heavy atom. The molecule has 1 N–H and O–H groups in total. The van der Waals surface area contributed by atoms with Crippen LogP contribution in [0.15, 0.2) is 34.9 Å². The van der Waals surface area contributed by atoms with Crippen LogP contribution in [0.1, 0.15) is 5.56 Å². The van der Waals surface area contributed by atoms with E-state index >= 15 is 0 Å². The van der Waals surface area contributed by atoms with E-state index in [4.69, 9.17) is 9.47 Å². The van der Waals surface area contributed by atoms with Gasteiger partial charge in [0.2, 0.25) is 0 Å². The molecule has 0 radical (unpaired) electrons. The highest BCUT2D eigenvalue weighted by atomic mass is 79.9. The van der Waals surface area contributed by atoms with Crippen molar-refractivity contribution in [2.75, 3.05) is 18.5 Å². The number of rotatable bonds is 2. The highest BCUT2D eigenvalue weighted by molar-refractivity contribution is 9.10. The Balaban J connectivity index is 1.84. The minimum atomic E-state index is 0.589. The Kier molecular flexibility index (Phi) is 3.29. The average molecular weight is 321 g/mol. The van der Waals surface area contributed by atoms with Crippen molar-refractivity contribution < 1.29 is 9.47 Å². The van der Waals surface area contributed by atoms with Gasteiger partial charge < -0.3 is 14.8 Å². The van der Waals surface area contributed by atoms with Crippen LogP contribution in [0, 0.1) is 6.92 Å². The van der Waals surface area contributed by atoms with Crippen LogP contribution in [-0.2, 0) is 0 Å². The van der Waals surface area contributed by atoms with Crippen molar-refractivity contribution in [3.63, 3.8) is 0 Å². The largest absolute Gasteiger partial charge is 0.486 e. The predicted octanol–water partition coefficient (Wildman–Crippen LogP) is 3.67. The summed E-state index contributed by atoms with van der Waals surface area (Å²) in [4.78, 5) is 4.32. The van der Waals surface area contributed by atoms with E-state index in [-0.39, 0.29) is 0 Å². The Bertz CT molecular complexity index is 616. The van der Waals surface area contributed by atoms with Gasteiger partial charge in [0.15, 0.2) is 11.5 Å². The standard InChI is InChI=1S/C14H13BrN2O2/c1-9-6-14(16-8-11(9)15)17-10-2-3-12-13(7-10)19-5-4-18-12/h2-3,6-8H,4-5H2,1H3,(H,16,17). The van der Waals surface area contributed by atoms with Gasteiger partial charge in [0.05, 0.1) is 0 Å². The molecule has 5 heteroatoms. The van der Waals surface area contributed by atoms with Gasteiger partial charge in [-0.1, -0.05) is 0 Å². The first-order valence-electron chi connectivity index (χ1n) is 6.01. The number of aryl methyl sites for hydroxylation is 1. The topological polar surface area (TPSA) is 43.4 Å². The van der Waals surface area contributed by atoms with Crippen molar-refractivity contribution in [3.05, 3.63) is 40.5 Å². The van der Waals surface area contributed by atoms with E-state index < -0.39 is 0 Å². The number of halogens is 1. The van der Waals surface area contributed by atoms with Gasteiger partial charge in [-0.15, -0.1) is 0 Å². The zero-order chi connectivity index (χ0) is 13.2. The summed E-state index contributed by atoms with van der Waals surface area (Å²) in [5, 5.41) is 3.25. The molecule has 0 aliphatic carbocycles. The molecule has 0 fully saturated rings. The molecule has 2 heterocycles. The number of aromatic nitrogens is 1. The van der Waals surface area contributed by atoms with E-state index in [0.717, 1.165) is 33.0 Å². The second-order valence-corrected chi connectivity index (χ2v) is 5.16. The van der Waals surface area contributed by atoms with Crippen LogP contribution in [0.5, 0.6) is 11.5 Å². The molecular weight excluding hydrogens is 308 g/mol. The zero-order valence-corrected chi connectivity index (χ0v) is 12.0. The molecule has 0 spiro atoms. The SMILES string of the molecule is Cc1cc(Nc2ccc3c(c2)OCCO3)ncc1Br. The lowest BCUT2D eigenvalue weighted by Crippen LogP contribution is -2.15. The van der Waals surface area contributed by atoms with E-state index in [2.05, 4.69) is 26.2 Å². The number of fused-ring (bicyclic) bond motifs is 1. The van der Waals surface area contributed by atoms with Crippen molar-refractivity contribution in [1.29, 1.82) is 0 Å². The fourth-order valence-electron chi connectivity index (χ4n) is 1.88. The molecule has 1 aromatic heterocycles. The maximum Gasteiger partial charge on any atom is 0.163 e. The van der Waals surface area contributed by atoms with Crippen LogP contribution in [0.4, 0.5) is 11.5 Å². The minimum absolute atomic E-state index is 0.589. The highest BCUT2D eigenvalue weighted by Gasteiger charge is 2.11. The second-order valence-electron chi connectivity index (χ2n) is 4.30. The highest BCUT2D eigenvalue weighted by Crippen LogP contribution is 2.33. The summed E-state index contributed by atoms with van der Waals surface area (Å²) in [6.45, 7) is 3.22. The summed E-state index contributed by atoms with van der Waals surface area (Å²) in [5.41, 5.74) is 2.06. The van der Waals surface area contributed by atoms with Gasteiger partial charge in [0.1, 0.15) is 19.0 Å². The smallest absolute Gasteiger partial charge is 0.163 e. The third-order valence-electron chi connectivity index (χ3n) is 2.86. The Morgan fingerprint density at radius 2 is 1.95 bits per heavy atom. The van der Waals surface area contributed by atoms with Gasteiger partial charge in [-0.25, -0.2) is 4.98 Å². The maximum absolute atomic E-state index is 5.55. The molecule has 1 aliphatic rings. The maximum atomic E-state index is 5.55. The molecule has 1 aromatic carbocycles. The molecule has 2 aromatic rings. The fourth-order valence-corrected chi connectivity index (χ4v) is 2.09. The van der Waals surface area contributed by atoms with Crippen LogP contribution < -0.4 is 14.8 Å². The van der Waals surface area contributed by atoms with Crippen molar-refractivity contribution in [2.24, 2.45) is 0 Å². The molecule has 98 valence electrons. The number of hydrogen-bond acceptors (Lipinski definition) is 4. The third-order valence-corrected chi connectivity index (χ3v) is 3.69. The van der Waals surface area contributed by atoms with Gasteiger partial charge in [-0.3, -0.25) is 0 Å². The van der Waals surface area contributed by atoms with E-state index in [1.165, 1.54) is 0 Å². The summed E-state index contributed by atoms with van der Waals surface area (Å²) in [7, 11) is 0. The number of pyridine rings is 1. The summed E-state index contributed by atoms with van der Waals surface area (Å²) in [6, 6.07) is 7.77. The fraction of sp³-hybridized carbons (Fsp3) is 0.214. The number of nitrogens with one attached hydrogen (secondary N) is 1. The van der Waals surface area contributed by atoms with Gasteiger partial charge in [0, 0.05) is 22.4 Å². The van der Waals surface area contributed by atoms with Gasteiger partial charge >= 0.3 is 0 Å². The summed E-state index contributed by atoms with van der Waals surface area (Å²) in [5.74, 6) is 2.36. The molecule has 0 atom stereocenters. The Morgan fingerprint density at radius 3 is 2.74 bits per heavy atom. The average Bonchev–Trinajstić information content (AvgIpc) is 2.43. The van der Waals surface area contributed by atoms with Crippen LogP contribution in [0.3, 0.4) is 0 Å². The second kappa shape index (κ2) is 5.09.